The van der Waals surface area contributed by atoms with E-state index in [9.17, 15) is 14.7 Å². The molecule has 0 aliphatic carbocycles. The van der Waals surface area contributed by atoms with Gasteiger partial charge in [0.1, 0.15) is 11.3 Å². The fourth-order valence-corrected chi connectivity index (χ4v) is 2.73. The molecule has 2 heterocycles. The predicted molar refractivity (Wildman–Crippen MR) is 87.8 cm³/mol. The summed E-state index contributed by atoms with van der Waals surface area (Å²) >= 11 is 0. The second-order valence-electron chi connectivity index (χ2n) is 5.25. The monoisotopic (exact) mass is 308 g/mol. The minimum atomic E-state index is -0.456. The van der Waals surface area contributed by atoms with Crippen LogP contribution < -0.4 is 5.56 Å². The van der Waals surface area contributed by atoms with Crippen LogP contribution in [0.25, 0.3) is 10.9 Å². The molecule has 2 aromatic heterocycles. The summed E-state index contributed by atoms with van der Waals surface area (Å²) in [4.78, 5) is 29.1. The third-order valence-electron chi connectivity index (χ3n) is 3.85. The standard InChI is InChI=1S/C18H16N2O3/c1-2-20-14-6-4-3-5-13(14)17(22)16(18(20)23)15(21)11-12-7-9-19-10-8-12/h3-10,22H,2,11H2,1H3. The number of pyridine rings is 2. The van der Waals surface area contributed by atoms with E-state index in [2.05, 4.69) is 4.98 Å². The Labute approximate surface area is 132 Å². The van der Waals surface area contributed by atoms with E-state index in [1.807, 2.05) is 6.92 Å². The highest BCUT2D eigenvalue weighted by atomic mass is 16.3. The number of nitrogens with zero attached hydrogens (tertiary/aromatic N) is 2. The quantitative estimate of drug-likeness (QED) is 0.752. The van der Waals surface area contributed by atoms with Crippen molar-refractivity contribution in [1.82, 2.24) is 9.55 Å². The van der Waals surface area contributed by atoms with Crippen molar-refractivity contribution in [1.29, 1.82) is 0 Å². The first-order valence-corrected chi connectivity index (χ1v) is 7.40. The fraction of sp³-hybridized carbons (Fsp3) is 0.167. The largest absolute Gasteiger partial charge is 0.506 e. The van der Waals surface area contributed by atoms with E-state index in [0.717, 1.165) is 5.56 Å². The zero-order valence-corrected chi connectivity index (χ0v) is 12.7. The summed E-state index contributed by atoms with van der Waals surface area (Å²) in [6.07, 6.45) is 3.23. The molecule has 0 spiro atoms. The van der Waals surface area contributed by atoms with Crippen molar-refractivity contribution in [3.63, 3.8) is 0 Å². The van der Waals surface area contributed by atoms with Crippen LogP contribution in [0, 0.1) is 0 Å². The highest BCUT2D eigenvalue weighted by Gasteiger charge is 2.21. The van der Waals surface area contributed by atoms with Gasteiger partial charge in [0.25, 0.3) is 5.56 Å². The van der Waals surface area contributed by atoms with E-state index in [-0.39, 0.29) is 17.7 Å². The fourth-order valence-electron chi connectivity index (χ4n) is 2.73. The maximum absolute atomic E-state index is 12.6. The van der Waals surface area contributed by atoms with E-state index >= 15 is 0 Å². The van der Waals surface area contributed by atoms with Gasteiger partial charge in [-0.2, -0.15) is 0 Å². The lowest BCUT2D eigenvalue weighted by Gasteiger charge is -2.13. The van der Waals surface area contributed by atoms with Crippen LogP contribution in [0.2, 0.25) is 0 Å². The summed E-state index contributed by atoms with van der Waals surface area (Å²) in [5.41, 5.74) is 0.767. The van der Waals surface area contributed by atoms with E-state index in [1.165, 1.54) is 4.57 Å². The molecule has 1 aromatic carbocycles. The van der Waals surface area contributed by atoms with Crippen LogP contribution in [0.3, 0.4) is 0 Å². The van der Waals surface area contributed by atoms with Crippen LogP contribution in [-0.4, -0.2) is 20.4 Å². The Hall–Kier alpha value is -2.95. The Morgan fingerprint density at radius 1 is 1.17 bits per heavy atom. The summed E-state index contributed by atoms with van der Waals surface area (Å²) in [7, 11) is 0. The van der Waals surface area contributed by atoms with Crippen molar-refractivity contribution < 1.29 is 9.90 Å². The Bertz CT molecular complexity index is 930. The molecule has 116 valence electrons. The van der Waals surface area contributed by atoms with Crippen molar-refractivity contribution in [3.8, 4) is 5.75 Å². The smallest absolute Gasteiger partial charge is 0.265 e. The normalized spacial score (nSPS) is 10.8. The van der Waals surface area contributed by atoms with E-state index in [0.29, 0.717) is 17.4 Å². The minimum Gasteiger partial charge on any atom is -0.506 e. The molecule has 23 heavy (non-hydrogen) atoms. The summed E-state index contributed by atoms with van der Waals surface area (Å²) in [6.45, 7) is 2.26. The lowest BCUT2D eigenvalue weighted by molar-refractivity contribution is 0.0988. The number of fused-ring (bicyclic) bond motifs is 1. The van der Waals surface area contributed by atoms with Gasteiger partial charge in [-0.25, -0.2) is 0 Å². The Balaban J connectivity index is 2.17. The minimum absolute atomic E-state index is 0.0490. The molecule has 0 aliphatic rings. The number of benzene rings is 1. The molecule has 0 fully saturated rings. The van der Waals surface area contributed by atoms with Gasteiger partial charge in [-0.05, 0) is 36.8 Å². The van der Waals surface area contributed by atoms with Crippen LogP contribution in [0.1, 0.15) is 22.8 Å². The number of ketones is 1. The first-order valence-electron chi connectivity index (χ1n) is 7.40. The van der Waals surface area contributed by atoms with E-state index < -0.39 is 11.3 Å². The average molecular weight is 308 g/mol. The number of hydrogen-bond acceptors (Lipinski definition) is 4. The maximum Gasteiger partial charge on any atom is 0.265 e. The molecule has 0 radical (unpaired) electrons. The maximum atomic E-state index is 12.6. The molecule has 0 aliphatic heterocycles. The van der Waals surface area contributed by atoms with Crippen LogP contribution in [-0.2, 0) is 13.0 Å². The Kier molecular flexibility index (Phi) is 3.93. The van der Waals surface area contributed by atoms with Gasteiger partial charge in [-0.1, -0.05) is 12.1 Å². The zero-order valence-electron chi connectivity index (χ0n) is 12.7. The number of carbonyl (C=O) groups is 1. The second-order valence-corrected chi connectivity index (χ2v) is 5.25. The molecule has 5 nitrogen and oxygen atoms in total. The lowest BCUT2D eigenvalue weighted by atomic mass is 10.0. The molecule has 1 N–H and O–H groups in total. The third kappa shape index (κ3) is 2.61. The number of aryl methyl sites for hydroxylation is 1. The Morgan fingerprint density at radius 2 is 1.87 bits per heavy atom. The molecule has 0 saturated heterocycles. The van der Waals surface area contributed by atoms with Crippen molar-refractivity contribution in [3.05, 3.63) is 70.3 Å². The molecule has 0 amide bonds. The molecule has 0 bridgehead atoms. The summed E-state index contributed by atoms with van der Waals surface area (Å²) in [5.74, 6) is -0.638. The van der Waals surface area contributed by atoms with Gasteiger partial charge in [-0.3, -0.25) is 14.6 Å². The number of aromatic hydroxyl groups is 1. The number of carbonyl (C=O) groups excluding carboxylic acids is 1. The molecule has 3 rings (SSSR count). The topological polar surface area (TPSA) is 72.2 Å². The molecular formula is C18H16N2O3. The predicted octanol–water partition coefficient (Wildman–Crippen LogP) is 2.55. The van der Waals surface area contributed by atoms with Gasteiger partial charge in [0.05, 0.1) is 5.52 Å². The van der Waals surface area contributed by atoms with Gasteiger partial charge in [-0.15, -0.1) is 0 Å². The SMILES string of the molecule is CCn1c(=O)c(C(=O)Cc2ccncc2)c(O)c2ccccc21. The summed E-state index contributed by atoms with van der Waals surface area (Å²) in [6, 6.07) is 10.5. The third-order valence-corrected chi connectivity index (χ3v) is 3.85. The van der Waals surface area contributed by atoms with Crippen molar-refractivity contribution >= 4 is 16.7 Å². The molecule has 3 aromatic rings. The van der Waals surface area contributed by atoms with E-state index in [4.69, 9.17) is 0 Å². The highest BCUT2D eigenvalue weighted by Crippen LogP contribution is 2.27. The van der Waals surface area contributed by atoms with Crippen molar-refractivity contribution in [2.24, 2.45) is 0 Å². The highest BCUT2D eigenvalue weighted by molar-refractivity contribution is 6.04. The van der Waals surface area contributed by atoms with Crippen LogP contribution in [0.4, 0.5) is 0 Å². The molecular weight excluding hydrogens is 292 g/mol. The summed E-state index contributed by atoms with van der Waals surface area (Å²) < 4.78 is 1.51. The molecule has 0 unspecified atom stereocenters. The van der Waals surface area contributed by atoms with Gasteiger partial charge in [0.2, 0.25) is 0 Å². The van der Waals surface area contributed by atoms with Crippen LogP contribution in [0.5, 0.6) is 5.75 Å². The van der Waals surface area contributed by atoms with Gasteiger partial charge in [0, 0.05) is 30.7 Å². The van der Waals surface area contributed by atoms with Crippen molar-refractivity contribution in [2.45, 2.75) is 19.9 Å². The molecule has 5 heteroatoms. The summed E-state index contributed by atoms with van der Waals surface area (Å²) in [5, 5.41) is 11.0. The number of Topliss-reactive ketones (excluding diaryl/α,β-unsaturated/α-hetero) is 1. The number of para-hydroxylation sites is 1. The number of aromatic nitrogens is 2. The van der Waals surface area contributed by atoms with Crippen LogP contribution in [0.15, 0.2) is 53.6 Å². The first-order chi connectivity index (χ1) is 11.1. The van der Waals surface area contributed by atoms with Crippen LogP contribution >= 0.6 is 0 Å². The average Bonchev–Trinajstić information content (AvgIpc) is 2.56. The zero-order chi connectivity index (χ0) is 16.4. The second kappa shape index (κ2) is 6.04. The number of hydrogen-bond donors (Lipinski definition) is 1. The molecule has 0 atom stereocenters. The van der Waals surface area contributed by atoms with Gasteiger partial charge in [0.15, 0.2) is 5.78 Å². The van der Waals surface area contributed by atoms with Crippen molar-refractivity contribution in [2.75, 3.05) is 0 Å². The Morgan fingerprint density at radius 3 is 2.57 bits per heavy atom. The molecule has 0 saturated carbocycles. The van der Waals surface area contributed by atoms with Gasteiger partial charge >= 0.3 is 0 Å². The van der Waals surface area contributed by atoms with E-state index in [1.54, 1.807) is 48.8 Å². The van der Waals surface area contributed by atoms with Gasteiger partial charge < -0.3 is 9.67 Å². The first kappa shape index (κ1) is 15.0. The number of rotatable bonds is 4. The lowest BCUT2D eigenvalue weighted by Crippen LogP contribution is -2.27.